The monoisotopic (exact) mass is 684 g/mol. The Labute approximate surface area is 301 Å². The van der Waals surface area contributed by atoms with Gasteiger partial charge in [0.15, 0.2) is 0 Å². The number of nitrogens with one attached hydrogen (secondary N) is 4. The van der Waals surface area contributed by atoms with E-state index in [0.717, 1.165) is 112 Å². The smallest absolute Gasteiger partial charge is 0.145 e. The van der Waals surface area contributed by atoms with E-state index in [1.54, 1.807) is 0 Å². The second kappa shape index (κ2) is 10.5. The quantitative estimate of drug-likeness (QED) is 0.126. The zero-order valence-electron chi connectivity index (χ0n) is 28.1. The van der Waals surface area contributed by atoms with Gasteiger partial charge in [-0.3, -0.25) is 4.79 Å². The molecule has 0 fully saturated rings. The number of fused-ring (bicyclic) bond motifs is 17. The van der Waals surface area contributed by atoms with Crippen molar-refractivity contribution in [3.05, 3.63) is 142 Å². The van der Waals surface area contributed by atoms with Crippen LogP contribution in [-0.4, -0.2) is 45.7 Å². The molecule has 13 rings (SSSR count). The fourth-order valence-corrected chi connectivity index (χ4v) is 8.72. The van der Waals surface area contributed by atoms with Crippen LogP contribution in [0.2, 0.25) is 0 Å². The zero-order valence-corrected chi connectivity index (χ0v) is 28.1. The molecular weight excluding hydrogens is 657 g/mol. The molecule has 0 spiro atoms. The van der Waals surface area contributed by atoms with E-state index in [2.05, 4.69) is 80.6 Å². The van der Waals surface area contributed by atoms with E-state index in [9.17, 15) is 4.79 Å². The topological polar surface area (TPSA) is 132 Å². The molecular formula is C44H28N8O. The first-order valence-corrected chi connectivity index (χ1v) is 17.8. The molecule has 53 heavy (non-hydrogen) atoms. The molecule has 0 saturated carbocycles. The number of carbonyl (C=O) groups excluding carboxylic acids is 1. The van der Waals surface area contributed by atoms with Crippen molar-refractivity contribution in [1.29, 1.82) is 0 Å². The van der Waals surface area contributed by atoms with Gasteiger partial charge in [-0.2, -0.15) is 0 Å². The summed E-state index contributed by atoms with van der Waals surface area (Å²) in [5, 5.41) is 0. The predicted octanol–water partition coefficient (Wildman–Crippen LogP) is 9.22. The molecule has 2 unspecified atom stereocenters. The molecule has 0 aromatic carbocycles. The average Bonchev–Trinajstić information content (AvgIpc) is 3.98. The molecule has 7 aliphatic rings. The summed E-state index contributed by atoms with van der Waals surface area (Å²) in [6, 6.07) is 29.0. The van der Waals surface area contributed by atoms with Crippen molar-refractivity contribution in [2.45, 2.75) is 18.3 Å². The van der Waals surface area contributed by atoms with Crippen LogP contribution in [0.3, 0.4) is 0 Å². The van der Waals surface area contributed by atoms with Gasteiger partial charge in [0.2, 0.25) is 0 Å². The summed E-state index contributed by atoms with van der Waals surface area (Å²) in [7, 11) is 0. The molecule has 6 aromatic heterocycles. The van der Waals surface area contributed by atoms with Crippen LogP contribution in [0.15, 0.2) is 84.9 Å². The third-order valence-electron chi connectivity index (χ3n) is 10.8. The number of allylic oxidation sites excluding steroid dienone is 2. The molecule has 18 bridgehead atoms. The van der Waals surface area contributed by atoms with Gasteiger partial charge in [0.05, 0.1) is 51.5 Å². The Morgan fingerprint density at radius 1 is 0.434 bits per heavy atom. The van der Waals surface area contributed by atoms with E-state index in [0.29, 0.717) is 6.42 Å². The van der Waals surface area contributed by atoms with Crippen molar-refractivity contribution in [2.75, 3.05) is 0 Å². The number of hydrogen-bond donors (Lipinski definition) is 4. The molecule has 9 heteroatoms. The summed E-state index contributed by atoms with van der Waals surface area (Å²) >= 11 is 0. The molecule has 4 N–H and O–H groups in total. The van der Waals surface area contributed by atoms with Gasteiger partial charge in [0, 0.05) is 56.5 Å². The molecule has 3 aliphatic carbocycles. The predicted molar refractivity (Wildman–Crippen MR) is 211 cm³/mol. The van der Waals surface area contributed by atoms with Crippen LogP contribution in [0, 0.1) is 0 Å². The van der Waals surface area contributed by atoms with Gasteiger partial charge in [0.1, 0.15) is 5.78 Å². The van der Waals surface area contributed by atoms with E-state index in [4.69, 9.17) is 19.9 Å². The number of aromatic amines is 4. The molecule has 0 radical (unpaired) electrons. The van der Waals surface area contributed by atoms with E-state index >= 15 is 0 Å². The molecule has 6 aromatic rings. The summed E-state index contributed by atoms with van der Waals surface area (Å²) < 4.78 is 0. The minimum atomic E-state index is -0.495. The van der Waals surface area contributed by atoms with Crippen LogP contribution in [0.5, 0.6) is 0 Å². The number of carbonyl (C=O) groups is 1. The maximum Gasteiger partial charge on any atom is 0.145 e. The van der Waals surface area contributed by atoms with Crippen LogP contribution in [0.4, 0.5) is 0 Å². The number of H-pyrrole nitrogens is 4. The summed E-state index contributed by atoms with van der Waals surface area (Å²) in [4.78, 5) is 48.6. The van der Waals surface area contributed by atoms with Gasteiger partial charge in [-0.1, -0.05) is 0 Å². The zero-order chi connectivity index (χ0) is 34.8. The Hall–Kier alpha value is -7.13. The van der Waals surface area contributed by atoms with Gasteiger partial charge < -0.3 is 19.9 Å². The Kier molecular flexibility index (Phi) is 5.63. The van der Waals surface area contributed by atoms with Crippen molar-refractivity contribution in [2.24, 2.45) is 0 Å². The molecule has 2 atom stereocenters. The summed E-state index contributed by atoms with van der Waals surface area (Å²) in [6.45, 7) is 0. The van der Waals surface area contributed by atoms with Gasteiger partial charge in [0.25, 0.3) is 0 Å². The lowest BCUT2D eigenvalue weighted by Gasteiger charge is -2.37. The Morgan fingerprint density at radius 2 is 0.906 bits per heavy atom. The highest BCUT2D eigenvalue weighted by atomic mass is 16.1. The van der Waals surface area contributed by atoms with Crippen molar-refractivity contribution >= 4 is 97.5 Å². The Bertz CT molecular complexity index is 3140. The lowest BCUT2D eigenvalue weighted by molar-refractivity contribution is -0.120. The van der Waals surface area contributed by atoms with Gasteiger partial charge in [-0.15, -0.1) is 0 Å². The van der Waals surface area contributed by atoms with Crippen molar-refractivity contribution in [3.63, 3.8) is 0 Å². The second-order valence-corrected chi connectivity index (χ2v) is 14.3. The van der Waals surface area contributed by atoms with Crippen LogP contribution < -0.4 is 0 Å². The minimum Gasteiger partial charge on any atom is -0.355 e. The molecule has 10 heterocycles. The highest BCUT2D eigenvalue weighted by molar-refractivity contribution is 6.17. The largest absolute Gasteiger partial charge is 0.355 e. The molecule has 250 valence electrons. The normalized spacial score (nSPS) is 17.8. The molecule has 0 amide bonds. The number of nitrogens with zero attached hydrogens (tertiary/aromatic N) is 4. The maximum absolute atomic E-state index is 14.4. The van der Waals surface area contributed by atoms with Crippen LogP contribution >= 0.6 is 0 Å². The van der Waals surface area contributed by atoms with Gasteiger partial charge >= 0.3 is 0 Å². The standard InChI is InChI=1S/C44H28N8O/c53-39-21-34-40-35-17-30-9-5-26(47-30)13-22-1-3-24(45-22)15-28-7-11-32(49-28)19-37(51-35)42(40)44(39)43-38-20-33-12-8-29(50-33)16-25-4-2-23(46-25)14-27-6-10-31(48-27)18-36(52-38)41(34)43/h1-20,34,44-45,47-48,52H,21H2. The van der Waals surface area contributed by atoms with Crippen molar-refractivity contribution in [3.8, 4) is 0 Å². The number of rotatable bonds is 0. The van der Waals surface area contributed by atoms with Gasteiger partial charge in [-0.25, -0.2) is 19.9 Å². The summed E-state index contributed by atoms with van der Waals surface area (Å²) in [5.41, 5.74) is 18.6. The second-order valence-electron chi connectivity index (χ2n) is 14.3. The highest BCUT2D eigenvalue weighted by Crippen LogP contribution is 2.60. The van der Waals surface area contributed by atoms with Crippen molar-refractivity contribution < 1.29 is 4.79 Å². The Balaban J connectivity index is 1.15. The first-order valence-electron chi connectivity index (χ1n) is 17.8. The third kappa shape index (κ3) is 4.53. The third-order valence-corrected chi connectivity index (χ3v) is 10.8. The van der Waals surface area contributed by atoms with Crippen LogP contribution in [0.25, 0.3) is 91.7 Å². The van der Waals surface area contributed by atoms with Gasteiger partial charge in [-0.05, 0) is 144 Å². The number of hydrogen-bond acceptors (Lipinski definition) is 5. The summed E-state index contributed by atoms with van der Waals surface area (Å²) in [6.07, 6.45) is 12.5. The number of aromatic nitrogens is 8. The van der Waals surface area contributed by atoms with E-state index in [-0.39, 0.29) is 11.7 Å². The van der Waals surface area contributed by atoms with Crippen LogP contribution in [0.1, 0.15) is 74.9 Å². The van der Waals surface area contributed by atoms with E-state index < -0.39 is 5.92 Å². The van der Waals surface area contributed by atoms with E-state index in [1.807, 2.05) is 60.7 Å². The lowest BCUT2D eigenvalue weighted by Crippen LogP contribution is -2.29. The first kappa shape index (κ1) is 28.6. The fourth-order valence-electron chi connectivity index (χ4n) is 8.72. The number of Topliss-reactive ketones (excluding diaryl/α,β-unsaturated/α-hetero) is 1. The lowest BCUT2D eigenvalue weighted by atomic mass is 9.63. The Morgan fingerprint density at radius 3 is 1.53 bits per heavy atom. The van der Waals surface area contributed by atoms with Crippen molar-refractivity contribution in [1.82, 2.24) is 39.9 Å². The average molecular weight is 685 g/mol. The molecule has 9 nitrogen and oxygen atoms in total. The van der Waals surface area contributed by atoms with E-state index in [1.165, 1.54) is 0 Å². The minimum absolute atomic E-state index is 0.189. The highest BCUT2D eigenvalue weighted by Gasteiger charge is 2.49. The molecule has 0 saturated heterocycles. The fraction of sp³-hybridized carbons (Fsp3) is 0.0682. The van der Waals surface area contributed by atoms with Crippen LogP contribution in [-0.2, 0) is 4.79 Å². The summed E-state index contributed by atoms with van der Waals surface area (Å²) in [5.74, 6) is -0.487. The number of ketones is 1. The maximum atomic E-state index is 14.4. The first-order chi connectivity index (χ1) is 26.0. The SMILES string of the molecule is O=C1CC2C3=C(c4cc5nc(cc6ccc(cc7ccc(cc3n4)[nH]7)[nH]6)C=C5)C1c1c2c2cc3ccc(cc4nc(cc5nc(cc1[nH]2)C=C5)C=C4)[nH]3. The molecule has 4 aliphatic heterocycles.